The zero-order chi connectivity index (χ0) is 25.7. The van der Waals surface area contributed by atoms with Crippen LogP contribution >= 0.6 is 11.3 Å². The van der Waals surface area contributed by atoms with E-state index in [1.54, 1.807) is 11.4 Å². The number of sulfonamides is 1. The first-order chi connectivity index (χ1) is 17.0. The van der Waals surface area contributed by atoms with Crippen LogP contribution in [0.1, 0.15) is 16.2 Å². The molecule has 1 saturated heterocycles. The molecule has 0 aliphatic carbocycles. The molecule has 0 N–H and O–H groups in total. The maximum Gasteiger partial charge on any atom is 0.433 e. The number of thiophene rings is 1. The molecular formula is C22H17F4N5O3S2. The second-order valence-electron chi connectivity index (χ2n) is 7.96. The van der Waals surface area contributed by atoms with Gasteiger partial charge in [-0.2, -0.15) is 22.6 Å². The topological polar surface area (TPSA) is 87.9 Å². The molecule has 1 aliphatic heterocycles. The van der Waals surface area contributed by atoms with E-state index in [2.05, 4.69) is 10.1 Å². The first-order valence-electron chi connectivity index (χ1n) is 10.6. The molecule has 188 valence electrons. The number of aromatic nitrogens is 3. The van der Waals surface area contributed by atoms with Gasteiger partial charge >= 0.3 is 6.18 Å². The molecular weight excluding hydrogens is 522 g/mol. The first kappa shape index (κ1) is 24.3. The number of amides is 1. The molecule has 1 amide bonds. The summed E-state index contributed by atoms with van der Waals surface area (Å²) in [6.07, 6.45) is -4.80. The molecule has 8 nitrogen and oxygen atoms in total. The smallest absolute Gasteiger partial charge is 0.335 e. The molecule has 0 atom stereocenters. The maximum absolute atomic E-state index is 13.8. The molecule has 0 radical (unpaired) electrons. The fourth-order valence-corrected chi connectivity index (χ4v) is 6.45. The zero-order valence-electron chi connectivity index (χ0n) is 18.3. The Balaban J connectivity index is 1.42. The van der Waals surface area contributed by atoms with E-state index in [9.17, 15) is 30.8 Å². The van der Waals surface area contributed by atoms with Gasteiger partial charge in [-0.1, -0.05) is 6.07 Å². The molecule has 0 saturated carbocycles. The second kappa shape index (κ2) is 8.94. The van der Waals surface area contributed by atoms with Gasteiger partial charge in [0.2, 0.25) is 0 Å². The van der Waals surface area contributed by atoms with Crippen LogP contribution in [0.2, 0.25) is 0 Å². The number of nitrogens with zero attached hydrogens (tertiary/aromatic N) is 5. The number of hydrogen-bond acceptors (Lipinski definition) is 6. The lowest BCUT2D eigenvalue weighted by atomic mass is 10.1. The van der Waals surface area contributed by atoms with Gasteiger partial charge in [-0.3, -0.25) is 4.79 Å². The summed E-state index contributed by atoms with van der Waals surface area (Å²) in [5.74, 6) is -1.18. The van der Waals surface area contributed by atoms with E-state index >= 15 is 0 Å². The second-order valence-corrected chi connectivity index (χ2v) is 11.1. The Morgan fingerprint density at radius 1 is 1.00 bits per heavy atom. The average molecular weight is 540 g/mol. The Hall–Kier alpha value is -3.36. The monoisotopic (exact) mass is 539 g/mol. The lowest BCUT2D eigenvalue weighted by molar-refractivity contribution is -0.142. The molecule has 5 rings (SSSR count). The fraction of sp³-hybridized carbons (Fsp3) is 0.227. The number of alkyl halides is 3. The fourth-order valence-electron chi connectivity index (χ4n) is 3.88. The third kappa shape index (κ3) is 4.47. The number of benzene rings is 1. The summed E-state index contributed by atoms with van der Waals surface area (Å²) in [7, 11) is -3.67. The van der Waals surface area contributed by atoms with Crippen LogP contribution in [-0.2, 0) is 16.2 Å². The van der Waals surface area contributed by atoms with E-state index in [0.29, 0.717) is 4.52 Å². The van der Waals surface area contributed by atoms with Crippen molar-refractivity contribution in [1.82, 2.24) is 23.8 Å². The number of fused-ring (bicyclic) bond motifs is 1. The lowest BCUT2D eigenvalue weighted by Gasteiger charge is -2.33. The molecule has 36 heavy (non-hydrogen) atoms. The Morgan fingerprint density at radius 3 is 2.31 bits per heavy atom. The van der Waals surface area contributed by atoms with Gasteiger partial charge < -0.3 is 4.90 Å². The van der Waals surface area contributed by atoms with Gasteiger partial charge in [-0.25, -0.2) is 22.3 Å². The predicted octanol–water partition coefficient (Wildman–Crippen LogP) is 3.76. The average Bonchev–Trinajstić information content (AvgIpc) is 3.53. The highest BCUT2D eigenvalue weighted by Gasteiger charge is 2.36. The standard InChI is InChI=1S/C22H17F4N5O3S2/c23-15-5-3-14(4-6-15)16-12-18(22(24,25)26)31-19(27-16)13-17(28-31)21(32)29-7-9-30(10-8-29)36(33,34)20-2-1-11-35-20/h1-6,11-13H,7-10H2. The minimum atomic E-state index is -4.80. The van der Waals surface area contributed by atoms with Crippen molar-refractivity contribution in [1.29, 1.82) is 0 Å². The summed E-state index contributed by atoms with van der Waals surface area (Å²) in [6, 6.07) is 9.90. The van der Waals surface area contributed by atoms with Crippen LogP contribution in [0, 0.1) is 5.82 Å². The summed E-state index contributed by atoms with van der Waals surface area (Å²) in [6.45, 7) is 0.190. The molecule has 1 aliphatic rings. The molecule has 0 unspecified atom stereocenters. The number of halogens is 4. The van der Waals surface area contributed by atoms with E-state index in [-0.39, 0.29) is 53.0 Å². The third-order valence-electron chi connectivity index (χ3n) is 5.69. The first-order valence-corrected chi connectivity index (χ1v) is 12.9. The number of carbonyl (C=O) groups excluding carboxylic acids is 1. The molecule has 1 fully saturated rings. The number of piperazine rings is 1. The van der Waals surface area contributed by atoms with E-state index in [0.717, 1.165) is 35.6 Å². The highest BCUT2D eigenvalue weighted by molar-refractivity contribution is 7.91. The summed E-state index contributed by atoms with van der Waals surface area (Å²) in [5.41, 5.74) is -1.38. The normalized spacial score (nSPS) is 15.5. The lowest BCUT2D eigenvalue weighted by Crippen LogP contribution is -2.50. The SMILES string of the molecule is O=C(c1cc2nc(-c3ccc(F)cc3)cc(C(F)(F)F)n2n1)N1CCN(S(=O)(=O)c2cccs2)CC1. The highest BCUT2D eigenvalue weighted by Crippen LogP contribution is 2.32. The zero-order valence-corrected chi connectivity index (χ0v) is 19.9. The van der Waals surface area contributed by atoms with Crippen LogP contribution in [-0.4, -0.2) is 64.3 Å². The third-order valence-corrected chi connectivity index (χ3v) is 8.96. The Bertz CT molecular complexity index is 1530. The van der Waals surface area contributed by atoms with Crippen molar-refractivity contribution in [2.45, 2.75) is 10.4 Å². The minimum Gasteiger partial charge on any atom is -0.335 e. The Morgan fingerprint density at radius 2 is 1.69 bits per heavy atom. The van der Waals surface area contributed by atoms with Crippen LogP contribution in [0.3, 0.4) is 0 Å². The van der Waals surface area contributed by atoms with Gasteiger partial charge in [0.15, 0.2) is 17.0 Å². The van der Waals surface area contributed by atoms with Crippen LogP contribution in [0.4, 0.5) is 17.6 Å². The van der Waals surface area contributed by atoms with Gasteiger partial charge in [-0.05, 0) is 41.8 Å². The van der Waals surface area contributed by atoms with Crippen molar-refractivity contribution in [2.24, 2.45) is 0 Å². The van der Waals surface area contributed by atoms with Crippen molar-refractivity contribution < 1.29 is 30.8 Å². The molecule has 4 aromatic rings. The largest absolute Gasteiger partial charge is 0.433 e. The number of hydrogen-bond donors (Lipinski definition) is 0. The molecule has 3 aromatic heterocycles. The summed E-state index contributed by atoms with van der Waals surface area (Å²) in [5, 5.41) is 5.52. The summed E-state index contributed by atoms with van der Waals surface area (Å²) in [4.78, 5) is 18.6. The van der Waals surface area contributed by atoms with Crippen molar-refractivity contribution >= 4 is 32.9 Å². The Kier molecular flexibility index (Phi) is 6.04. The molecule has 1 aromatic carbocycles. The highest BCUT2D eigenvalue weighted by atomic mass is 32.2. The van der Waals surface area contributed by atoms with Crippen LogP contribution < -0.4 is 0 Å². The van der Waals surface area contributed by atoms with E-state index in [4.69, 9.17) is 0 Å². The molecule has 4 heterocycles. The molecule has 0 bridgehead atoms. The van der Waals surface area contributed by atoms with Crippen LogP contribution in [0.5, 0.6) is 0 Å². The van der Waals surface area contributed by atoms with Crippen molar-refractivity contribution in [3.8, 4) is 11.3 Å². The van der Waals surface area contributed by atoms with Gasteiger partial charge in [0.05, 0.1) is 5.69 Å². The predicted molar refractivity (Wildman–Crippen MR) is 122 cm³/mol. The van der Waals surface area contributed by atoms with Gasteiger partial charge in [0, 0.05) is 37.8 Å². The number of rotatable bonds is 4. The van der Waals surface area contributed by atoms with Gasteiger partial charge in [-0.15, -0.1) is 11.3 Å². The van der Waals surface area contributed by atoms with Crippen LogP contribution in [0.15, 0.2) is 58.1 Å². The van der Waals surface area contributed by atoms with Crippen molar-refractivity contribution in [3.05, 3.63) is 71.1 Å². The van der Waals surface area contributed by atoms with Crippen molar-refractivity contribution in [3.63, 3.8) is 0 Å². The molecule has 0 spiro atoms. The van der Waals surface area contributed by atoms with Crippen molar-refractivity contribution in [2.75, 3.05) is 26.2 Å². The molecule has 14 heteroatoms. The Labute approximate surface area is 206 Å². The minimum absolute atomic E-state index is 0.0418. The van der Waals surface area contributed by atoms with Crippen LogP contribution in [0.25, 0.3) is 16.9 Å². The van der Waals surface area contributed by atoms with E-state index in [1.807, 2.05) is 0 Å². The summed E-state index contributed by atoms with van der Waals surface area (Å²) < 4.78 is 82.1. The maximum atomic E-state index is 13.8. The quantitative estimate of drug-likeness (QED) is 0.369. The van der Waals surface area contributed by atoms with Gasteiger partial charge in [0.25, 0.3) is 15.9 Å². The number of carbonyl (C=O) groups is 1. The van der Waals surface area contributed by atoms with Gasteiger partial charge in [0.1, 0.15) is 10.0 Å². The van der Waals surface area contributed by atoms with E-state index in [1.165, 1.54) is 27.4 Å². The summed E-state index contributed by atoms with van der Waals surface area (Å²) >= 11 is 1.09. The van der Waals surface area contributed by atoms with E-state index < -0.39 is 33.6 Å².